The monoisotopic (exact) mass is 686 g/mol. The van der Waals surface area contributed by atoms with E-state index < -0.39 is 0 Å². The second-order valence-electron chi connectivity index (χ2n) is 12.8. The highest BCUT2D eigenvalue weighted by Gasteiger charge is 2.22. The highest BCUT2D eigenvalue weighted by molar-refractivity contribution is 6.07. The second kappa shape index (κ2) is 11.5. The smallest absolute Gasteiger partial charge is 0.251 e. The molecule has 0 aliphatic rings. The van der Waals surface area contributed by atoms with Crippen molar-refractivity contribution in [3.63, 3.8) is 0 Å². The third kappa shape index (κ3) is 4.71. The zero-order valence-corrected chi connectivity index (χ0v) is 27.9. The predicted molar refractivity (Wildman–Crippen MR) is 209 cm³/mol. The van der Waals surface area contributed by atoms with Crippen molar-refractivity contribution in [3.8, 4) is 0 Å². The Morgan fingerprint density at radius 1 is 0.358 bits per heavy atom. The van der Waals surface area contributed by atoms with Crippen LogP contribution in [-0.4, -0.2) is 19.9 Å². The average molecular weight is 687 g/mol. The first-order valence-corrected chi connectivity index (χ1v) is 17.2. The SMILES string of the molecule is c1ccc(N(c2ccc3c(c2)oc2ccccc23)c2cnc3c(n2)oc2nc(N(c4ccccc4)c4ccc5c(c4)oc4ccccc45)cnc23)cc1. The van der Waals surface area contributed by atoms with Gasteiger partial charge >= 0.3 is 0 Å². The molecule has 0 saturated carbocycles. The Hall–Kier alpha value is -7.52. The molecule has 0 bridgehead atoms. The van der Waals surface area contributed by atoms with Gasteiger partial charge in [-0.25, -0.2) is 9.97 Å². The van der Waals surface area contributed by atoms with E-state index in [1.165, 1.54) is 0 Å². The van der Waals surface area contributed by atoms with E-state index in [0.29, 0.717) is 34.1 Å². The molecule has 9 nitrogen and oxygen atoms in total. The molecule has 250 valence electrons. The van der Waals surface area contributed by atoms with Crippen molar-refractivity contribution in [1.82, 2.24) is 19.9 Å². The summed E-state index contributed by atoms with van der Waals surface area (Å²) in [5.74, 6) is 1.15. The van der Waals surface area contributed by atoms with Gasteiger partial charge in [0, 0.05) is 45.1 Å². The van der Waals surface area contributed by atoms with E-state index in [4.69, 9.17) is 33.2 Å². The molecule has 11 aromatic rings. The number of aromatic nitrogens is 4. The lowest BCUT2D eigenvalue weighted by atomic mass is 10.1. The van der Waals surface area contributed by atoms with Gasteiger partial charge in [0.1, 0.15) is 22.3 Å². The van der Waals surface area contributed by atoms with Gasteiger partial charge in [0.25, 0.3) is 11.4 Å². The normalized spacial score (nSPS) is 11.8. The Morgan fingerprint density at radius 3 is 1.25 bits per heavy atom. The first kappa shape index (κ1) is 29.2. The number of anilines is 6. The minimum atomic E-state index is 0.329. The lowest BCUT2D eigenvalue weighted by molar-refractivity contribution is 0.638. The predicted octanol–water partition coefficient (Wildman–Crippen LogP) is 11.9. The van der Waals surface area contributed by atoms with Crippen molar-refractivity contribution >= 4 is 101 Å². The van der Waals surface area contributed by atoms with Crippen LogP contribution in [0.15, 0.2) is 171 Å². The number of fused-ring (bicyclic) bond motifs is 9. The van der Waals surface area contributed by atoms with Crippen LogP contribution in [-0.2, 0) is 0 Å². The Kier molecular flexibility index (Phi) is 6.35. The number of hydrogen-bond donors (Lipinski definition) is 0. The molecule has 0 radical (unpaired) electrons. The number of nitrogens with zero attached hydrogens (tertiary/aromatic N) is 6. The molecule has 0 N–H and O–H groups in total. The molecule has 0 saturated heterocycles. The first-order chi connectivity index (χ1) is 26.2. The van der Waals surface area contributed by atoms with Crippen LogP contribution < -0.4 is 9.80 Å². The quantitative estimate of drug-likeness (QED) is 0.169. The van der Waals surface area contributed by atoms with Gasteiger partial charge in [-0.1, -0.05) is 72.8 Å². The standard InChI is InChI=1S/C44H26N6O3/c1-3-11-27(12-4-1)49(29-19-21-33-31-15-7-9-17-35(31)51-37(33)23-29)39-25-45-41-42-44(53-43(41)47-39)48-40(26-46-42)50(28-13-5-2-6-14-28)30-20-22-34-32-16-8-10-18-36(32)52-38(34)24-30/h1-26H. The molecule has 53 heavy (non-hydrogen) atoms. The van der Waals surface area contributed by atoms with Crippen molar-refractivity contribution in [2.75, 3.05) is 9.80 Å². The topological polar surface area (TPSA) is 97.5 Å². The Morgan fingerprint density at radius 2 is 0.774 bits per heavy atom. The van der Waals surface area contributed by atoms with Gasteiger partial charge in [0.2, 0.25) is 0 Å². The molecule has 0 amide bonds. The van der Waals surface area contributed by atoms with E-state index in [9.17, 15) is 0 Å². The second-order valence-corrected chi connectivity index (χ2v) is 12.8. The largest absolute Gasteiger partial charge is 0.456 e. The fourth-order valence-electron chi connectivity index (χ4n) is 7.19. The van der Waals surface area contributed by atoms with Gasteiger partial charge in [-0.15, -0.1) is 0 Å². The van der Waals surface area contributed by atoms with Crippen LogP contribution in [0.25, 0.3) is 66.3 Å². The molecule has 0 aliphatic heterocycles. The third-order valence-corrected chi connectivity index (χ3v) is 9.60. The van der Waals surface area contributed by atoms with Crippen LogP contribution in [0.4, 0.5) is 34.4 Å². The highest BCUT2D eigenvalue weighted by atomic mass is 16.4. The lowest BCUT2D eigenvalue weighted by Gasteiger charge is -2.23. The number of furan rings is 3. The van der Waals surface area contributed by atoms with Gasteiger partial charge in [-0.2, -0.15) is 9.97 Å². The zero-order chi connectivity index (χ0) is 34.9. The molecule has 0 aliphatic carbocycles. The van der Waals surface area contributed by atoms with E-state index in [1.54, 1.807) is 12.4 Å². The third-order valence-electron chi connectivity index (χ3n) is 9.60. The number of benzene rings is 6. The lowest BCUT2D eigenvalue weighted by Crippen LogP contribution is -2.12. The maximum Gasteiger partial charge on any atom is 0.251 e. The van der Waals surface area contributed by atoms with Gasteiger partial charge in [-0.05, 0) is 60.7 Å². The number of rotatable bonds is 6. The molecule has 0 atom stereocenters. The van der Waals surface area contributed by atoms with Crippen molar-refractivity contribution in [1.29, 1.82) is 0 Å². The minimum Gasteiger partial charge on any atom is -0.456 e. The number of hydrogen-bond acceptors (Lipinski definition) is 9. The van der Waals surface area contributed by atoms with E-state index in [2.05, 4.69) is 36.4 Å². The van der Waals surface area contributed by atoms with Crippen LogP contribution >= 0.6 is 0 Å². The van der Waals surface area contributed by atoms with Crippen molar-refractivity contribution in [3.05, 3.63) is 158 Å². The first-order valence-electron chi connectivity index (χ1n) is 17.2. The minimum absolute atomic E-state index is 0.329. The molecule has 0 unspecified atom stereocenters. The summed E-state index contributed by atoms with van der Waals surface area (Å²) in [4.78, 5) is 23.7. The van der Waals surface area contributed by atoms with Gasteiger partial charge in [-0.3, -0.25) is 9.80 Å². The van der Waals surface area contributed by atoms with Gasteiger partial charge in [0.15, 0.2) is 22.7 Å². The Labute approximate surface area is 301 Å². The summed E-state index contributed by atoms with van der Waals surface area (Å²) in [6.45, 7) is 0. The summed E-state index contributed by atoms with van der Waals surface area (Å²) in [5.41, 5.74) is 8.51. The van der Waals surface area contributed by atoms with Crippen LogP contribution in [0.5, 0.6) is 0 Å². The fraction of sp³-hybridized carbons (Fsp3) is 0. The molecule has 0 fully saturated rings. The maximum absolute atomic E-state index is 6.36. The van der Waals surface area contributed by atoms with E-state index >= 15 is 0 Å². The average Bonchev–Trinajstić information content (AvgIpc) is 3.89. The van der Waals surface area contributed by atoms with Crippen LogP contribution in [0.1, 0.15) is 0 Å². The van der Waals surface area contributed by atoms with Crippen molar-refractivity contribution < 1.29 is 13.3 Å². The van der Waals surface area contributed by atoms with Crippen LogP contribution in [0, 0.1) is 0 Å². The summed E-state index contributed by atoms with van der Waals surface area (Å²) < 4.78 is 18.9. The van der Waals surface area contributed by atoms with Crippen molar-refractivity contribution in [2.45, 2.75) is 0 Å². The molecule has 5 aromatic heterocycles. The molecule has 5 heterocycles. The number of para-hydroxylation sites is 4. The van der Waals surface area contributed by atoms with Gasteiger partial charge in [0.05, 0.1) is 23.8 Å². The van der Waals surface area contributed by atoms with E-state index in [-0.39, 0.29) is 0 Å². The summed E-state index contributed by atoms with van der Waals surface area (Å²) in [5, 5.41) is 4.24. The van der Waals surface area contributed by atoms with E-state index in [0.717, 1.165) is 66.6 Å². The van der Waals surface area contributed by atoms with E-state index in [1.807, 2.05) is 119 Å². The van der Waals surface area contributed by atoms with Gasteiger partial charge < -0.3 is 13.3 Å². The zero-order valence-electron chi connectivity index (χ0n) is 27.9. The highest BCUT2D eigenvalue weighted by Crippen LogP contribution is 2.40. The molecule has 0 spiro atoms. The molecule has 6 aromatic carbocycles. The Bertz CT molecular complexity index is 2940. The fourth-order valence-corrected chi connectivity index (χ4v) is 7.19. The summed E-state index contributed by atoms with van der Waals surface area (Å²) in [6, 6.07) is 48.6. The van der Waals surface area contributed by atoms with Crippen LogP contribution in [0.2, 0.25) is 0 Å². The Balaban J connectivity index is 1.03. The molecule has 9 heteroatoms. The summed E-state index contributed by atoms with van der Waals surface area (Å²) in [6.07, 6.45) is 3.48. The molecular formula is C44H26N6O3. The maximum atomic E-state index is 6.36. The van der Waals surface area contributed by atoms with Crippen LogP contribution in [0.3, 0.4) is 0 Å². The molecular weight excluding hydrogens is 661 g/mol. The van der Waals surface area contributed by atoms with Crippen molar-refractivity contribution in [2.24, 2.45) is 0 Å². The molecule has 11 rings (SSSR count). The summed E-state index contributed by atoms with van der Waals surface area (Å²) in [7, 11) is 0. The summed E-state index contributed by atoms with van der Waals surface area (Å²) >= 11 is 0.